The number of amides is 1. The molecule has 1 aliphatic heterocycles. The van der Waals surface area contributed by atoms with E-state index in [1.54, 1.807) is 0 Å². The van der Waals surface area contributed by atoms with Crippen molar-refractivity contribution in [1.29, 1.82) is 0 Å². The van der Waals surface area contributed by atoms with Gasteiger partial charge in [-0.3, -0.25) is 4.79 Å². The van der Waals surface area contributed by atoms with Gasteiger partial charge in [-0.2, -0.15) is 0 Å². The first-order valence-electron chi connectivity index (χ1n) is 7.71. The van der Waals surface area contributed by atoms with E-state index in [-0.39, 0.29) is 5.91 Å². The van der Waals surface area contributed by atoms with Crippen LogP contribution < -0.4 is 11.1 Å². The maximum atomic E-state index is 11.9. The Kier molecular flexibility index (Phi) is 7.39. The monoisotopic (exact) mass is 269 g/mol. The van der Waals surface area contributed by atoms with E-state index in [0.717, 1.165) is 32.5 Å². The minimum absolute atomic E-state index is 0.197. The van der Waals surface area contributed by atoms with Crippen LogP contribution in [0.1, 0.15) is 46.0 Å². The van der Waals surface area contributed by atoms with Crippen LogP contribution >= 0.6 is 0 Å². The van der Waals surface area contributed by atoms with Gasteiger partial charge in [0.25, 0.3) is 0 Å². The highest BCUT2D eigenvalue weighted by molar-refractivity contribution is 5.75. The fraction of sp³-hybridized carbons (Fsp3) is 0.933. The molecule has 1 aliphatic rings. The second-order valence-corrected chi connectivity index (χ2v) is 6.20. The summed E-state index contributed by atoms with van der Waals surface area (Å²) in [6.07, 6.45) is 5.08. The van der Waals surface area contributed by atoms with E-state index in [9.17, 15) is 4.79 Å². The van der Waals surface area contributed by atoms with E-state index >= 15 is 0 Å². The van der Waals surface area contributed by atoms with Gasteiger partial charge in [0.2, 0.25) is 5.91 Å². The predicted molar refractivity (Wildman–Crippen MR) is 79.9 cm³/mol. The zero-order chi connectivity index (χ0) is 14.3. The number of hydrogen-bond donors (Lipinski definition) is 2. The molecule has 3 N–H and O–H groups in total. The first-order chi connectivity index (χ1) is 9.04. The third-order valence-electron chi connectivity index (χ3n) is 4.43. The van der Waals surface area contributed by atoms with Crippen LogP contribution in [0.3, 0.4) is 0 Å². The van der Waals surface area contributed by atoms with Gasteiger partial charge >= 0.3 is 0 Å². The van der Waals surface area contributed by atoms with Crippen LogP contribution in [0.2, 0.25) is 0 Å². The Morgan fingerprint density at radius 2 is 2.16 bits per heavy atom. The van der Waals surface area contributed by atoms with E-state index in [0.29, 0.717) is 24.3 Å². The minimum atomic E-state index is 0.197. The molecule has 1 heterocycles. The van der Waals surface area contributed by atoms with Crippen molar-refractivity contribution in [3.05, 3.63) is 0 Å². The summed E-state index contributed by atoms with van der Waals surface area (Å²) in [4.78, 5) is 14.2. The molecule has 1 rings (SSSR count). The smallest absolute Gasteiger partial charge is 0.220 e. The lowest BCUT2D eigenvalue weighted by Crippen LogP contribution is -2.38. The number of nitrogens with one attached hydrogen (secondary N) is 1. The number of rotatable bonds is 8. The molecule has 1 fully saturated rings. The van der Waals surface area contributed by atoms with E-state index in [1.807, 2.05) is 0 Å². The highest BCUT2D eigenvalue weighted by atomic mass is 16.1. The summed E-state index contributed by atoms with van der Waals surface area (Å²) < 4.78 is 0. The normalized spacial score (nSPS) is 21.8. The van der Waals surface area contributed by atoms with Crippen LogP contribution in [0.25, 0.3) is 0 Å². The van der Waals surface area contributed by atoms with Gasteiger partial charge < -0.3 is 16.0 Å². The Labute approximate surface area is 118 Å². The first-order valence-corrected chi connectivity index (χ1v) is 7.71. The summed E-state index contributed by atoms with van der Waals surface area (Å²) in [5.74, 6) is 1.38. The van der Waals surface area contributed by atoms with E-state index in [2.05, 4.69) is 31.1 Å². The Balaban J connectivity index is 2.19. The fourth-order valence-corrected chi connectivity index (χ4v) is 2.90. The molecule has 1 amide bonds. The molecule has 0 aliphatic carbocycles. The standard InChI is InChI=1S/C15H31N3O/c1-12(2)13(8-9-16)6-7-15(19)17-11-14-5-4-10-18(14)3/h12-14H,4-11,16H2,1-3H3,(H,17,19). The summed E-state index contributed by atoms with van der Waals surface area (Å²) in [6.45, 7) is 7.11. The van der Waals surface area contributed by atoms with Crippen LogP contribution in [0.5, 0.6) is 0 Å². The molecule has 0 aromatic rings. The average molecular weight is 269 g/mol. The van der Waals surface area contributed by atoms with Crippen molar-refractivity contribution in [2.45, 2.75) is 52.0 Å². The summed E-state index contributed by atoms with van der Waals surface area (Å²) in [5, 5.41) is 3.08. The lowest BCUT2D eigenvalue weighted by molar-refractivity contribution is -0.121. The predicted octanol–water partition coefficient (Wildman–Crippen LogP) is 1.60. The molecule has 0 spiro atoms. The van der Waals surface area contributed by atoms with E-state index in [4.69, 9.17) is 5.73 Å². The minimum Gasteiger partial charge on any atom is -0.355 e. The first kappa shape index (κ1) is 16.4. The molecule has 112 valence electrons. The summed E-state index contributed by atoms with van der Waals surface area (Å²) in [7, 11) is 2.14. The van der Waals surface area contributed by atoms with E-state index in [1.165, 1.54) is 12.8 Å². The van der Waals surface area contributed by atoms with Crippen molar-refractivity contribution in [3.8, 4) is 0 Å². The van der Waals surface area contributed by atoms with Crippen molar-refractivity contribution in [3.63, 3.8) is 0 Å². The Hall–Kier alpha value is -0.610. The lowest BCUT2D eigenvalue weighted by atomic mass is 9.88. The number of nitrogens with zero attached hydrogens (tertiary/aromatic N) is 1. The van der Waals surface area contributed by atoms with Crippen molar-refractivity contribution in [2.24, 2.45) is 17.6 Å². The molecule has 4 nitrogen and oxygen atoms in total. The number of carbonyl (C=O) groups is 1. The van der Waals surface area contributed by atoms with Gasteiger partial charge in [-0.15, -0.1) is 0 Å². The number of hydrogen-bond acceptors (Lipinski definition) is 3. The van der Waals surface area contributed by atoms with Gasteiger partial charge in [-0.25, -0.2) is 0 Å². The SMILES string of the molecule is CC(C)C(CCN)CCC(=O)NCC1CCCN1C. The van der Waals surface area contributed by atoms with Crippen LogP contribution in [0.4, 0.5) is 0 Å². The Bertz CT molecular complexity index is 268. The molecule has 2 unspecified atom stereocenters. The van der Waals surface area contributed by atoms with Crippen LogP contribution in [-0.4, -0.2) is 43.5 Å². The van der Waals surface area contributed by atoms with Crippen molar-refractivity contribution >= 4 is 5.91 Å². The molecule has 1 saturated heterocycles. The van der Waals surface area contributed by atoms with Crippen molar-refractivity contribution in [2.75, 3.05) is 26.7 Å². The molecule has 19 heavy (non-hydrogen) atoms. The second kappa shape index (κ2) is 8.54. The lowest BCUT2D eigenvalue weighted by Gasteiger charge is -2.21. The molecule has 0 bridgehead atoms. The molecule has 2 atom stereocenters. The van der Waals surface area contributed by atoms with Gasteiger partial charge in [0, 0.05) is 19.0 Å². The van der Waals surface area contributed by atoms with Crippen LogP contribution in [0, 0.1) is 11.8 Å². The number of carbonyl (C=O) groups excluding carboxylic acids is 1. The molecule has 0 saturated carbocycles. The average Bonchev–Trinajstić information content (AvgIpc) is 2.77. The van der Waals surface area contributed by atoms with Gasteiger partial charge in [0.1, 0.15) is 0 Å². The summed E-state index contributed by atoms with van der Waals surface area (Å²) >= 11 is 0. The Morgan fingerprint density at radius 1 is 1.42 bits per heavy atom. The molecular formula is C15H31N3O. The number of likely N-dealkylation sites (tertiary alicyclic amines) is 1. The maximum absolute atomic E-state index is 11.9. The van der Waals surface area contributed by atoms with Crippen molar-refractivity contribution < 1.29 is 4.79 Å². The highest BCUT2D eigenvalue weighted by Gasteiger charge is 2.21. The quantitative estimate of drug-likeness (QED) is 0.703. The second-order valence-electron chi connectivity index (χ2n) is 6.20. The van der Waals surface area contributed by atoms with Crippen LogP contribution in [0.15, 0.2) is 0 Å². The molecule has 0 aromatic carbocycles. The third kappa shape index (κ3) is 5.91. The summed E-state index contributed by atoms with van der Waals surface area (Å²) in [5.41, 5.74) is 5.62. The van der Waals surface area contributed by atoms with Gasteiger partial charge in [0.15, 0.2) is 0 Å². The van der Waals surface area contributed by atoms with Gasteiger partial charge in [0.05, 0.1) is 0 Å². The van der Waals surface area contributed by atoms with Crippen LogP contribution in [-0.2, 0) is 4.79 Å². The van der Waals surface area contributed by atoms with Gasteiger partial charge in [-0.05, 0) is 57.7 Å². The zero-order valence-corrected chi connectivity index (χ0v) is 12.8. The van der Waals surface area contributed by atoms with Crippen molar-refractivity contribution in [1.82, 2.24) is 10.2 Å². The topological polar surface area (TPSA) is 58.4 Å². The molecule has 0 radical (unpaired) electrons. The highest BCUT2D eigenvalue weighted by Crippen LogP contribution is 2.20. The molecular weight excluding hydrogens is 238 g/mol. The summed E-state index contributed by atoms with van der Waals surface area (Å²) in [6, 6.07) is 0.536. The maximum Gasteiger partial charge on any atom is 0.220 e. The third-order valence-corrected chi connectivity index (χ3v) is 4.43. The number of nitrogens with two attached hydrogens (primary N) is 1. The Morgan fingerprint density at radius 3 is 2.68 bits per heavy atom. The van der Waals surface area contributed by atoms with E-state index < -0.39 is 0 Å². The fourth-order valence-electron chi connectivity index (χ4n) is 2.90. The zero-order valence-electron chi connectivity index (χ0n) is 12.8. The molecule has 0 aromatic heterocycles. The largest absolute Gasteiger partial charge is 0.355 e. The van der Waals surface area contributed by atoms with Gasteiger partial charge in [-0.1, -0.05) is 13.8 Å². The molecule has 4 heteroatoms. The number of likely N-dealkylation sites (N-methyl/N-ethyl adjacent to an activating group) is 1.